The average Bonchev–Trinajstić information content (AvgIpc) is 2.16. The van der Waals surface area contributed by atoms with Gasteiger partial charge >= 0.3 is 0 Å². The van der Waals surface area contributed by atoms with Crippen LogP contribution < -0.4 is 0 Å². The van der Waals surface area contributed by atoms with Gasteiger partial charge in [0.05, 0.1) is 5.71 Å². The first-order valence-corrected chi connectivity index (χ1v) is 6.32. The van der Waals surface area contributed by atoms with Gasteiger partial charge in [-0.05, 0) is 46.8 Å². The lowest BCUT2D eigenvalue weighted by atomic mass is 10.1. The van der Waals surface area contributed by atoms with Crippen LogP contribution in [-0.4, -0.2) is 20.0 Å². The summed E-state index contributed by atoms with van der Waals surface area (Å²) in [6.45, 7) is 9.53. The third kappa shape index (κ3) is 3.32. The summed E-state index contributed by atoms with van der Waals surface area (Å²) >= 11 is -1.22. The first-order chi connectivity index (χ1) is 7.32. The molecule has 0 bridgehead atoms. The van der Waals surface area contributed by atoms with E-state index in [1.807, 2.05) is 46.8 Å². The molecule has 3 nitrogen and oxygen atoms in total. The molecule has 0 aromatic carbocycles. The van der Waals surface area contributed by atoms with Gasteiger partial charge < -0.3 is 4.55 Å². The largest absolute Gasteiger partial charge is 0.591 e. The maximum absolute atomic E-state index is 11.9. The number of aryl methyl sites for hydroxylation is 1. The van der Waals surface area contributed by atoms with Crippen molar-refractivity contribution in [2.75, 3.05) is 0 Å². The van der Waals surface area contributed by atoms with E-state index in [1.165, 1.54) is 0 Å². The van der Waals surface area contributed by atoms with Crippen LogP contribution in [0.5, 0.6) is 0 Å². The van der Waals surface area contributed by atoms with Crippen LogP contribution in [0.2, 0.25) is 0 Å². The molecule has 0 N–H and O–H groups in total. The molecule has 1 unspecified atom stereocenters. The SMILES string of the molecule is CC(=N[S+]([O-])C(C)(C)C)c1cccnc1C. The highest BCUT2D eigenvalue weighted by molar-refractivity contribution is 7.91. The van der Waals surface area contributed by atoms with E-state index in [0.29, 0.717) is 0 Å². The molecule has 0 radical (unpaired) electrons. The van der Waals surface area contributed by atoms with E-state index in [-0.39, 0.29) is 4.75 Å². The topological polar surface area (TPSA) is 48.3 Å². The van der Waals surface area contributed by atoms with E-state index in [1.54, 1.807) is 6.20 Å². The number of hydrogen-bond acceptors (Lipinski definition) is 3. The molecule has 1 heterocycles. The van der Waals surface area contributed by atoms with E-state index in [4.69, 9.17) is 0 Å². The van der Waals surface area contributed by atoms with Crippen LogP contribution >= 0.6 is 0 Å². The minimum Gasteiger partial charge on any atom is -0.591 e. The Hall–Kier alpha value is -0.870. The first kappa shape index (κ1) is 13.2. The van der Waals surface area contributed by atoms with Gasteiger partial charge in [0.15, 0.2) is 0 Å². The highest BCUT2D eigenvalue weighted by Gasteiger charge is 2.26. The number of nitrogens with zero attached hydrogens (tertiary/aromatic N) is 2. The van der Waals surface area contributed by atoms with Gasteiger partial charge in [-0.25, -0.2) is 0 Å². The van der Waals surface area contributed by atoms with Crippen molar-refractivity contribution < 1.29 is 4.55 Å². The highest BCUT2D eigenvalue weighted by Crippen LogP contribution is 2.18. The molecule has 1 rings (SSSR count). The Morgan fingerprint density at radius 3 is 2.56 bits per heavy atom. The maximum Gasteiger partial charge on any atom is 0.144 e. The normalized spacial score (nSPS) is 15.0. The summed E-state index contributed by atoms with van der Waals surface area (Å²) in [4.78, 5) is 4.19. The van der Waals surface area contributed by atoms with Gasteiger partial charge in [0.2, 0.25) is 0 Å². The predicted octanol–water partition coefficient (Wildman–Crippen LogP) is 2.66. The zero-order chi connectivity index (χ0) is 12.3. The molecule has 1 aromatic heterocycles. The summed E-state index contributed by atoms with van der Waals surface area (Å²) in [7, 11) is 0. The first-order valence-electron chi connectivity index (χ1n) is 5.21. The summed E-state index contributed by atoms with van der Waals surface area (Å²) in [6, 6.07) is 3.81. The lowest BCUT2D eigenvalue weighted by Crippen LogP contribution is -2.26. The Labute approximate surface area is 100 Å². The van der Waals surface area contributed by atoms with Gasteiger partial charge in [-0.3, -0.25) is 4.98 Å². The Morgan fingerprint density at radius 1 is 1.44 bits per heavy atom. The molecule has 0 saturated heterocycles. The van der Waals surface area contributed by atoms with Crippen molar-refractivity contribution in [3.8, 4) is 0 Å². The second-order valence-electron chi connectivity index (χ2n) is 4.67. The second-order valence-corrected chi connectivity index (χ2v) is 6.58. The maximum atomic E-state index is 11.9. The zero-order valence-corrected chi connectivity index (χ0v) is 11.3. The van der Waals surface area contributed by atoms with Crippen LogP contribution in [0.4, 0.5) is 0 Å². The third-order valence-electron chi connectivity index (χ3n) is 2.14. The van der Waals surface area contributed by atoms with Crippen LogP contribution in [0.3, 0.4) is 0 Å². The smallest absolute Gasteiger partial charge is 0.144 e. The van der Waals surface area contributed by atoms with E-state index in [9.17, 15) is 4.55 Å². The number of hydrogen-bond donors (Lipinski definition) is 0. The van der Waals surface area contributed by atoms with Crippen LogP contribution in [0.1, 0.15) is 39.0 Å². The molecule has 0 amide bonds. The summed E-state index contributed by atoms with van der Waals surface area (Å²) in [5, 5.41) is 0. The van der Waals surface area contributed by atoms with E-state index < -0.39 is 11.4 Å². The monoisotopic (exact) mass is 238 g/mol. The molecule has 1 aromatic rings. The number of pyridine rings is 1. The average molecular weight is 238 g/mol. The van der Waals surface area contributed by atoms with Gasteiger partial charge in [-0.2, -0.15) is 0 Å². The number of rotatable bonds is 2. The van der Waals surface area contributed by atoms with Crippen LogP contribution in [0, 0.1) is 6.92 Å². The molecule has 16 heavy (non-hydrogen) atoms. The molecule has 0 saturated carbocycles. The minimum absolute atomic E-state index is 0.322. The fourth-order valence-corrected chi connectivity index (χ4v) is 1.80. The van der Waals surface area contributed by atoms with Crippen molar-refractivity contribution in [2.24, 2.45) is 4.40 Å². The van der Waals surface area contributed by atoms with E-state index >= 15 is 0 Å². The van der Waals surface area contributed by atoms with Crippen molar-refractivity contribution in [1.29, 1.82) is 0 Å². The summed E-state index contributed by atoms with van der Waals surface area (Å²) in [5.41, 5.74) is 2.65. The summed E-state index contributed by atoms with van der Waals surface area (Å²) in [6.07, 6.45) is 1.74. The Bertz CT molecular complexity index is 396. The summed E-state index contributed by atoms with van der Waals surface area (Å²) < 4.78 is 15.8. The lowest BCUT2D eigenvalue weighted by molar-refractivity contribution is 0.561. The molecule has 0 aliphatic heterocycles. The highest BCUT2D eigenvalue weighted by atomic mass is 32.2. The van der Waals surface area contributed by atoms with Gasteiger partial charge in [0.25, 0.3) is 0 Å². The lowest BCUT2D eigenvalue weighted by Gasteiger charge is -2.18. The molecule has 0 spiro atoms. The van der Waals surface area contributed by atoms with Crippen molar-refractivity contribution in [3.05, 3.63) is 29.6 Å². The van der Waals surface area contributed by atoms with Crippen LogP contribution in [0.25, 0.3) is 0 Å². The van der Waals surface area contributed by atoms with Crippen molar-refractivity contribution >= 4 is 17.1 Å². The fourth-order valence-electron chi connectivity index (χ4n) is 1.18. The van der Waals surface area contributed by atoms with E-state index in [0.717, 1.165) is 17.0 Å². The van der Waals surface area contributed by atoms with Crippen molar-refractivity contribution in [3.63, 3.8) is 0 Å². The molecule has 88 valence electrons. The predicted molar refractivity (Wildman–Crippen MR) is 69.1 cm³/mol. The molecule has 1 atom stereocenters. The Morgan fingerprint density at radius 2 is 2.06 bits per heavy atom. The van der Waals surface area contributed by atoms with Crippen LogP contribution in [0.15, 0.2) is 22.7 Å². The second kappa shape index (κ2) is 4.97. The van der Waals surface area contributed by atoms with Gasteiger partial charge in [0.1, 0.15) is 16.1 Å². The summed E-state index contributed by atoms with van der Waals surface area (Å²) in [5.74, 6) is 0. The van der Waals surface area contributed by atoms with Crippen molar-refractivity contribution in [2.45, 2.75) is 39.4 Å². The minimum atomic E-state index is -1.22. The number of aromatic nitrogens is 1. The molecular formula is C12H18N2OS. The Balaban J connectivity index is 2.99. The quantitative estimate of drug-likeness (QED) is 0.587. The molecule has 4 heteroatoms. The van der Waals surface area contributed by atoms with Gasteiger partial charge in [-0.15, -0.1) is 0 Å². The van der Waals surface area contributed by atoms with E-state index in [2.05, 4.69) is 9.38 Å². The van der Waals surface area contributed by atoms with Gasteiger partial charge in [0, 0.05) is 17.5 Å². The third-order valence-corrected chi connectivity index (χ3v) is 3.63. The molecule has 0 aliphatic carbocycles. The van der Waals surface area contributed by atoms with Gasteiger partial charge in [-0.1, -0.05) is 4.40 Å². The standard InChI is InChI=1S/C12H18N2OS/c1-9-11(7-6-8-13-9)10(2)14-16(15)12(3,4)5/h6-8H,1-5H3. The molecule has 0 aliphatic rings. The molecular weight excluding hydrogens is 220 g/mol. The fraction of sp³-hybridized carbons (Fsp3) is 0.500. The molecule has 0 fully saturated rings. The van der Waals surface area contributed by atoms with Crippen molar-refractivity contribution in [1.82, 2.24) is 4.98 Å². The Kier molecular flexibility index (Phi) is 4.10. The zero-order valence-electron chi connectivity index (χ0n) is 10.4. The van der Waals surface area contributed by atoms with Crippen LogP contribution in [-0.2, 0) is 11.4 Å².